The molecule has 4 rings (SSSR count). The lowest BCUT2D eigenvalue weighted by Crippen LogP contribution is -2.39. The fourth-order valence-electron chi connectivity index (χ4n) is 3.56. The van der Waals surface area contributed by atoms with Gasteiger partial charge in [0, 0.05) is 54.5 Å². The second kappa shape index (κ2) is 10.2. The molecule has 0 fully saturated rings. The highest BCUT2D eigenvalue weighted by atomic mass is 19.4. The summed E-state index contributed by atoms with van der Waals surface area (Å²) in [6, 6.07) is 7.89. The summed E-state index contributed by atoms with van der Waals surface area (Å²) in [5.41, 5.74) is 3.01. The maximum Gasteiger partial charge on any atom is 0.416 e. The maximum atomic E-state index is 13.3. The van der Waals surface area contributed by atoms with Gasteiger partial charge in [-0.15, -0.1) is 0 Å². The van der Waals surface area contributed by atoms with Crippen LogP contribution >= 0.6 is 0 Å². The first-order valence-corrected chi connectivity index (χ1v) is 10.9. The molecule has 1 unspecified atom stereocenters. The maximum absolute atomic E-state index is 13.3. The number of nitrogens with zero attached hydrogens (tertiary/aromatic N) is 5. The number of aromatic nitrogens is 3. The van der Waals surface area contributed by atoms with E-state index in [0.29, 0.717) is 28.6 Å². The monoisotopic (exact) mass is 499 g/mol. The van der Waals surface area contributed by atoms with Crippen molar-refractivity contribution < 1.29 is 27.8 Å². The molecule has 188 valence electrons. The number of fused-ring (bicyclic) bond motifs is 1. The van der Waals surface area contributed by atoms with E-state index >= 15 is 0 Å². The highest BCUT2D eigenvalue weighted by Gasteiger charge is 2.40. The molecular formula is C25H24F3N5O3. The zero-order valence-electron chi connectivity index (χ0n) is 19.8. The molecule has 0 spiro atoms. The van der Waals surface area contributed by atoms with E-state index in [2.05, 4.69) is 15.1 Å². The van der Waals surface area contributed by atoms with Crippen molar-refractivity contribution in [1.29, 1.82) is 0 Å². The number of aliphatic hydroxyl groups excluding tert-OH is 1. The number of pyridine rings is 1. The highest BCUT2D eigenvalue weighted by Crippen LogP contribution is 2.35. The van der Waals surface area contributed by atoms with E-state index in [4.69, 9.17) is 9.47 Å². The van der Waals surface area contributed by atoms with Crippen LogP contribution in [0.1, 0.15) is 11.3 Å². The van der Waals surface area contributed by atoms with Crippen LogP contribution in [0.15, 0.2) is 59.9 Å². The average Bonchev–Trinajstić information content (AvgIpc) is 3.27. The van der Waals surface area contributed by atoms with Gasteiger partial charge < -0.3 is 19.5 Å². The third-order valence-electron chi connectivity index (χ3n) is 5.46. The van der Waals surface area contributed by atoms with Gasteiger partial charge >= 0.3 is 6.18 Å². The third-order valence-corrected chi connectivity index (χ3v) is 5.46. The van der Waals surface area contributed by atoms with E-state index in [-0.39, 0.29) is 5.82 Å². The first-order valence-electron chi connectivity index (χ1n) is 10.9. The van der Waals surface area contributed by atoms with Crippen LogP contribution in [0.4, 0.5) is 30.4 Å². The predicted molar refractivity (Wildman–Crippen MR) is 131 cm³/mol. The molecule has 36 heavy (non-hydrogen) atoms. The van der Waals surface area contributed by atoms with Gasteiger partial charge in [0.05, 0.1) is 38.3 Å². The Kier molecular flexibility index (Phi) is 7.11. The van der Waals surface area contributed by atoms with E-state index in [0.717, 1.165) is 11.1 Å². The van der Waals surface area contributed by atoms with Crippen LogP contribution < -0.4 is 14.4 Å². The number of aliphatic imine (C=N–C) groups is 1. The van der Waals surface area contributed by atoms with Crippen molar-refractivity contribution in [1.82, 2.24) is 14.8 Å². The Morgan fingerprint density at radius 3 is 2.44 bits per heavy atom. The number of halogens is 3. The molecule has 1 aliphatic rings. The summed E-state index contributed by atoms with van der Waals surface area (Å²) in [4.78, 5) is 10.3. The van der Waals surface area contributed by atoms with Crippen molar-refractivity contribution in [3.63, 3.8) is 0 Å². The van der Waals surface area contributed by atoms with Gasteiger partial charge in [-0.25, -0.2) is 4.98 Å². The number of aryl methyl sites for hydroxylation is 1. The standard InChI is InChI=1S/C25H24F3N5O3/c1-32-14-17(13-30-32)16-5-4-6-22-21(29-12-16)7-8-24(31-22)33(15-23(34)25(26,27)28)18-9-19(35-2)11-20(10-18)36-3/h4-14,23,34H,15H2,1-3H3/b5-4?,6-4+,16-5-,16-12?,22-6?,29-12?,29-21?. The SMILES string of the molecule is COc1cc(OC)cc(N(CC(O)C(F)(F)F)c2ccc3c(n2)/C=C/C=C(\c2cnn(C)c2)C=N3)c1. The first-order chi connectivity index (χ1) is 17.2. The van der Waals surface area contributed by atoms with Crippen molar-refractivity contribution in [3.05, 3.63) is 66.1 Å². The number of ether oxygens (including phenoxy) is 2. The van der Waals surface area contributed by atoms with Crippen molar-refractivity contribution in [2.75, 3.05) is 25.7 Å². The lowest BCUT2D eigenvalue weighted by Gasteiger charge is -2.28. The van der Waals surface area contributed by atoms with Crippen LogP contribution in [0, 0.1) is 0 Å². The van der Waals surface area contributed by atoms with E-state index in [1.807, 2.05) is 19.3 Å². The number of methoxy groups -OCH3 is 2. The minimum atomic E-state index is -4.82. The van der Waals surface area contributed by atoms with Crippen molar-refractivity contribution in [2.24, 2.45) is 12.0 Å². The zero-order chi connectivity index (χ0) is 25.9. The summed E-state index contributed by atoms with van der Waals surface area (Å²) in [6.45, 7) is -0.788. The molecule has 0 saturated carbocycles. The van der Waals surface area contributed by atoms with Gasteiger partial charge in [-0.05, 0) is 18.2 Å². The van der Waals surface area contributed by atoms with E-state index in [1.165, 1.54) is 19.1 Å². The Labute approximate surface area is 205 Å². The van der Waals surface area contributed by atoms with Crippen LogP contribution in [-0.2, 0) is 7.05 Å². The zero-order valence-corrected chi connectivity index (χ0v) is 19.8. The molecule has 0 saturated heterocycles. The molecule has 0 aliphatic carbocycles. The molecule has 1 aliphatic heterocycles. The molecule has 1 aromatic carbocycles. The molecule has 0 amide bonds. The topological polar surface area (TPSA) is 85.0 Å². The fourth-order valence-corrected chi connectivity index (χ4v) is 3.56. The van der Waals surface area contributed by atoms with Crippen LogP contribution in [0.25, 0.3) is 11.6 Å². The smallest absolute Gasteiger partial charge is 0.416 e. The van der Waals surface area contributed by atoms with E-state index in [9.17, 15) is 18.3 Å². The molecular weight excluding hydrogens is 475 g/mol. The Hall–Kier alpha value is -4.12. The second-order valence-electron chi connectivity index (χ2n) is 7.95. The van der Waals surface area contributed by atoms with Gasteiger partial charge in [0.1, 0.15) is 17.3 Å². The molecule has 8 nitrogen and oxygen atoms in total. The van der Waals surface area contributed by atoms with Gasteiger partial charge in [-0.3, -0.25) is 9.67 Å². The normalized spacial score (nSPS) is 16.2. The van der Waals surface area contributed by atoms with E-state index in [1.54, 1.807) is 59.6 Å². The molecule has 1 atom stereocenters. The molecule has 0 bridgehead atoms. The highest BCUT2D eigenvalue weighted by molar-refractivity contribution is 6.11. The number of rotatable bonds is 7. The summed E-state index contributed by atoms with van der Waals surface area (Å²) < 4.78 is 52.1. The van der Waals surface area contributed by atoms with Crippen LogP contribution in [0.3, 0.4) is 0 Å². The minimum Gasteiger partial charge on any atom is -0.497 e. The lowest BCUT2D eigenvalue weighted by molar-refractivity contribution is -0.199. The number of allylic oxidation sites excluding steroid dienone is 3. The number of benzene rings is 1. The minimum absolute atomic E-state index is 0.184. The van der Waals surface area contributed by atoms with E-state index < -0.39 is 18.8 Å². The van der Waals surface area contributed by atoms with Crippen LogP contribution in [0.5, 0.6) is 11.5 Å². The average molecular weight is 499 g/mol. The Morgan fingerprint density at radius 2 is 1.83 bits per heavy atom. The Balaban J connectivity index is 1.74. The van der Waals surface area contributed by atoms with Crippen molar-refractivity contribution >= 4 is 35.1 Å². The molecule has 2 aromatic heterocycles. The van der Waals surface area contributed by atoms with Crippen LogP contribution in [-0.4, -0.2) is 59.1 Å². The second-order valence-corrected chi connectivity index (χ2v) is 7.95. The summed E-state index contributed by atoms with van der Waals surface area (Å²) in [5.74, 6) is 0.934. The number of hydrogen-bond acceptors (Lipinski definition) is 7. The quantitative estimate of drug-likeness (QED) is 0.507. The number of hydrogen-bond donors (Lipinski definition) is 1. The fraction of sp³-hybridized carbons (Fsp3) is 0.240. The van der Waals surface area contributed by atoms with Gasteiger partial charge in [0.25, 0.3) is 0 Å². The predicted octanol–water partition coefficient (Wildman–Crippen LogP) is 4.71. The summed E-state index contributed by atoms with van der Waals surface area (Å²) in [5, 5.41) is 14.1. The largest absolute Gasteiger partial charge is 0.497 e. The number of anilines is 2. The molecule has 1 N–H and O–H groups in total. The number of alkyl halides is 3. The van der Waals surface area contributed by atoms with Gasteiger partial charge in [-0.1, -0.05) is 12.2 Å². The summed E-state index contributed by atoms with van der Waals surface area (Å²) in [7, 11) is 4.69. The number of aliphatic hydroxyl groups is 1. The molecule has 0 radical (unpaired) electrons. The van der Waals surface area contributed by atoms with Crippen LogP contribution in [0.2, 0.25) is 0 Å². The van der Waals surface area contributed by atoms with Gasteiger partial charge in [0.2, 0.25) is 0 Å². The summed E-state index contributed by atoms with van der Waals surface area (Å²) >= 11 is 0. The lowest BCUT2D eigenvalue weighted by atomic mass is 10.1. The summed E-state index contributed by atoms with van der Waals surface area (Å²) in [6.07, 6.45) is 3.18. The molecule has 3 heterocycles. The third kappa shape index (κ3) is 5.57. The Bertz CT molecular complexity index is 1310. The van der Waals surface area contributed by atoms with Crippen molar-refractivity contribution in [3.8, 4) is 11.5 Å². The molecule has 3 aromatic rings. The Morgan fingerprint density at radius 1 is 1.11 bits per heavy atom. The van der Waals surface area contributed by atoms with Crippen molar-refractivity contribution in [2.45, 2.75) is 12.3 Å². The van der Waals surface area contributed by atoms with Gasteiger partial charge in [0.15, 0.2) is 6.10 Å². The first kappa shape index (κ1) is 25.0. The van der Waals surface area contributed by atoms with Gasteiger partial charge in [-0.2, -0.15) is 18.3 Å². The molecule has 11 heteroatoms.